The van der Waals surface area contributed by atoms with Gasteiger partial charge in [-0.25, -0.2) is 8.42 Å². The van der Waals surface area contributed by atoms with Crippen LogP contribution < -0.4 is 4.72 Å². The lowest BCUT2D eigenvalue weighted by Crippen LogP contribution is -2.50. The highest BCUT2D eigenvalue weighted by molar-refractivity contribution is 7.92. The van der Waals surface area contributed by atoms with Crippen LogP contribution in [0.3, 0.4) is 0 Å². The van der Waals surface area contributed by atoms with E-state index in [4.69, 9.17) is 27.9 Å². The normalized spacial score (nSPS) is 19.6. The lowest BCUT2D eigenvalue weighted by Gasteiger charge is -2.36. The van der Waals surface area contributed by atoms with Crippen molar-refractivity contribution >= 4 is 44.8 Å². The molecule has 0 saturated carbocycles. The standard InChI is InChI=1S/C20H22Cl2N2O5S/c1-12-3-5-15(8-18(12)22)23-30(27,28)19-7-14(4-6-17(19)21)20(26)24-9-13(2)29-16(10-24)11-25/h3-8,13,16,23,25H,9-11H2,1-2H3. The third kappa shape index (κ3) is 5.07. The first-order valence-corrected chi connectivity index (χ1v) is 11.5. The summed E-state index contributed by atoms with van der Waals surface area (Å²) in [5.74, 6) is -0.366. The number of halogens is 2. The first-order chi connectivity index (χ1) is 14.1. The van der Waals surface area contributed by atoms with Gasteiger partial charge in [0.25, 0.3) is 15.9 Å². The van der Waals surface area contributed by atoms with E-state index in [2.05, 4.69) is 4.72 Å². The number of hydrogen-bond acceptors (Lipinski definition) is 5. The number of ether oxygens (including phenoxy) is 1. The van der Waals surface area contributed by atoms with Gasteiger partial charge in [0.05, 0.1) is 29.5 Å². The quantitative estimate of drug-likeness (QED) is 0.695. The van der Waals surface area contributed by atoms with E-state index >= 15 is 0 Å². The van der Waals surface area contributed by atoms with Crippen LogP contribution in [-0.2, 0) is 14.8 Å². The van der Waals surface area contributed by atoms with E-state index in [-0.39, 0.29) is 46.3 Å². The summed E-state index contributed by atoms with van der Waals surface area (Å²) in [5.41, 5.74) is 1.27. The molecule has 2 N–H and O–H groups in total. The van der Waals surface area contributed by atoms with Gasteiger partial charge in [-0.15, -0.1) is 0 Å². The van der Waals surface area contributed by atoms with E-state index in [1.807, 2.05) is 0 Å². The summed E-state index contributed by atoms with van der Waals surface area (Å²) in [6, 6.07) is 8.88. The molecular formula is C20H22Cl2N2O5S. The minimum absolute atomic E-state index is 0.0131. The number of amides is 1. The summed E-state index contributed by atoms with van der Waals surface area (Å²) in [7, 11) is -4.06. The molecule has 0 spiro atoms. The summed E-state index contributed by atoms with van der Waals surface area (Å²) < 4.78 is 33.8. The Hall–Kier alpha value is -1.84. The van der Waals surface area contributed by atoms with Crippen LogP contribution in [0, 0.1) is 6.92 Å². The Kier molecular flexibility index (Phi) is 6.94. The molecule has 10 heteroatoms. The predicted octanol–water partition coefficient (Wildman–Crippen LogP) is 3.32. The van der Waals surface area contributed by atoms with Gasteiger partial charge in [-0.3, -0.25) is 9.52 Å². The number of aliphatic hydroxyl groups excluding tert-OH is 1. The number of carbonyl (C=O) groups excluding carboxylic acids is 1. The van der Waals surface area contributed by atoms with Crippen LogP contribution in [0.25, 0.3) is 0 Å². The highest BCUT2D eigenvalue weighted by atomic mass is 35.5. The van der Waals surface area contributed by atoms with E-state index in [1.54, 1.807) is 26.0 Å². The second-order valence-electron chi connectivity index (χ2n) is 7.18. The highest BCUT2D eigenvalue weighted by Crippen LogP contribution is 2.28. The molecule has 162 valence electrons. The van der Waals surface area contributed by atoms with Gasteiger partial charge in [-0.05, 0) is 49.7 Å². The number of carbonyl (C=O) groups is 1. The second kappa shape index (κ2) is 9.11. The predicted molar refractivity (Wildman–Crippen MR) is 116 cm³/mol. The van der Waals surface area contributed by atoms with Crippen molar-refractivity contribution in [2.75, 3.05) is 24.4 Å². The molecule has 0 radical (unpaired) electrons. The molecule has 2 atom stereocenters. The minimum Gasteiger partial charge on any atom is -0.394 e. The highest BCUT2D eigenvalue weighted by Gasteiger charge is 2.29. The molecule has 1 heterocycles. The van der Waals surface area contributed by atoms with E-state index < -0.39 is 16.1 Å². The molecule has 1 amide bonds. The lowest BCUT2D eigenvalue weighted by atomic mass is 10.1. The first-order valence-electron chi connectivity index (χ1n) is 9.25. The summed E-state index contributed by atoms with van der Waals surface area (Å²) in [5, 5.41) is 9.77. The Labute approximate surface area is 185 Å². The van der Waals surface area contributed by atoms with Crippen molar-refractivity contribution in [3.05, 3.63) is 57.6 Å². The smallest absolute Gasteiger partial charge is 0.263 e. The Balaban J connectivity index is 1.88. The molecule has 2 aromatic carbocycles. The summed E-state index contributed by atoms with van der Waals surface area (Å²) in [6.45, 7) is 3.94. The number of nitrogens with one attached hydrogen (secondary N) is 1. The molecule has 1 fully saturated rings. The van der Waals surface area contributed by atoms with Crippen LogP contribution in [0.4, 0.5) is 5.69 Å². The molecular weight excluding hydrogens is 451 g/mol. The van der Waals surface area contributed by atoms with Crippen LogP contribution in [0.1, 0.15) is 22.8 Å². The fourth-order valence-corrected chi connectivity index (χ4v) is 4.96. The maximum atomic E-state index is 13.0. The van der Waals surface area contributed by atoms with E-state index in [0.717, 1.165) is 5.56 Å². The van der Waals surface area contributed by atoms with Gasteiger partial charge < -0.3 is 14.7 Å². The Morgan fingerprint density at radius 2 is 1.93 bits per heavy atom. The third-order valence-electron chi connectivity index (χ3n) is 4.71. The molecule has 0 aromatic heterocycles. The van der Waals surface area contributed by atoms with Crippen molar-refractivity contribution in [3.63, 3.8) is 0 Å². The fraction of sp³-hybridized carbons (Fsp3) is 0.350. The van der Waals surface area contributed by atoms with Crippen molar-refractivity contribution in [2.45, 2.75) is 31.0 Å². The van der Waals surface area contributed by atoms with Gasteiger partial charge >= 0.3 is 0 Å². The van der Waals surface area contributed by atoms with Crippen molar-refractivity contribution in [2.24, 2.45) is 0 Å². The van der Waals surface area contributed by atoms with Crippen LogP contribution in [0.5, 0.6) is 0 Å². The van der Waals surface area contributed by atoms with E-state index in [1.165, 1.54) is 29.2 Å². The number of morpholine rings is 1. The average Bonchev–Trinajstić information content (AvgIpc) is 2.69. The van der Waals surface area contributed by atoms with Crippen molar-refractivity contribution in [3.8, 4) is 0 Å². The molecule has 1 saturated heterocycles. The maximum absolute atomic E-state index is 13.0. The second-order valence-corrected chi connectivity index (χ2v) is 9.64. The maximum Gasteiger partial charge on any atom is 0.263 e. The van der Waals surface area contributed by atoms with Gasteiger partial charge in [0.2, 0.25) is 0 Å². The topological polar surface area (TPSA) is 95.9 Å². The number of benzene rings is 2. The average molecular weight is 473 g/mol. The molecule has 0 bridgehead atoms. The molecule has 30 heavy (non-hydrogen) atoms. The minimum atomic E-state index is -4.06. The monoisotopic (exact) mass is 472 g/mol. The summed E-state index contributed by atoms with van der Waals surface area (Å²) in [4.78, 5) is 14.3. The number of rotatable bonds is 5. The van der Waals surface area contributed by atoms with Gasteiger partial charge in [-0.2, -0.15) is 0 Å². The van der Waals surface area contributed by atoms with Gasteiger partial charge in [0, 0.05) is 23.7 Å². The zero-order valence-corrected chi connectivity index (χ0v) is 18.8. The van der Waals surface area contributed by atoms with Crippen molar-refractivity contribution in [1.82, 2.24) is 4.90 Å². The molecule has 1 aliphatic heterocycles. The molecule has 0 aliphatic carbocycles. The number of aliphatic hydroxyl groups is 1. The van der Waals surface area contributed by atoms with Crippen molar-refractivity contribution in [1.29, 1.82) is 0 Å². The number of aryl methyl sites for hydroxylation is 1. The van der Waals surface area contributed by atoms with Crippen LogP contribution in [0.15, 0.2) is 41.3 Å². The Morgan fingerprint density at radius 3 is 2.60 bits per heavy atom. The van der Waals surface area contributed by atoms with Gasteiger partial charge in [0.1, 0.15) is 4.90 Å². The van der Waals surface area contributed by atoms with Gasteiger partial charge in [-0.1, -0.05) is 29.3 Å². The van der Waals surface area contributed by atoms with Crippen LogP contribution in [-0.4, -0.2) is 56.2 Å². The number of sulfonamides is 1. The number of anilines is 1. The molecule has 2 aromatic rings. The SMILES string of the molecule is Cc1ccc(NS(=O)(=O)c2cc(C(=O)N3CC(C)OC(CO)C3)ccc2Cl)cc1Cl. The summed E-state index contributed by atoms with van der Waals surface area (Å²) in [6.07, 6.45) is -0.732. The van der Waals surface area contributed by atoms with Crippen LogP contribution in [0.2, 0.25) is 10.0 Å². The molecule has 1 aliphatic rings. The molecule has 3 rings (SSSR count). The summed E-state index contributed by atoms with van der Waals surface area (Å²) >= 11 is 12.2. The van der Waals surface area contributed by atoms with E-state index in [9.17, 15) is 18.3 Å². The molecule has 7 nitrogen and oxygen atoms in total. The number of hydrogen-bond donors (Lipinski definition) is 2. The lowest BCUT2D eigenvalue weighted by molar-refractivity contribution is -0.0858. The first kappa shape index (κ1) is 22.8. The zero-order chi connectivity index (χ0) is 22.1. The Morgan fingerprint density at radius 1 is 1.20 bits per heavy atom. The van der Waals surface area contributed by atoms with E-state index in [0.29, 0.717) is 11.6 Å². The Bertz CT molecular complexity index is 1060. The van der Waals surface area contributed by atoms with Crippen molar-refractivity contribution < 1.29 is 23.1 Å². The van der Waals surface area contributed by atoms with Gasteiger partial charge in [0.15, 0.2) is 0 Å². The fourth-order valence-electron chi connectivity index (χ4n) is 3.20. The number of nitrogens with zero attached hydrogens (tertiary/aromatic N) is 1. The third-order valence-corrected chi connectivity index (χ3v) is 6.98. The zero-order valence-electron chi connectivity index (χ0n) is 16.4. The largest absolute Gasteiger partial charge is 0.394 e. The molecule has 2 unspecified atom stereocenters. The van der Waals surface area contributed by atoms with Crippen LogP contribution >= 0.6 is 23.2 Å².